The van der Waals surface area contributed by atoms with E-state index in [9.17, 15) is 14.9 Å². The molecule has 2 aromatic carbocycles. The number of hydrogen-bond acceptors (Lipinski definition) is 7. The highest BCUT2D eigenvalue weighted by Gasteiger charge is 2.21. The van der Waals surface area contributed by atoms with Gasteiger partial charge in [0.1, 0.15) is 17.1 Å². The number of aryl methyl sites for hydroxylation is 1. The number of rotatable bonds is 5. The number of carbonyl (C=O) groups is 1. The number of para-hydroxylation sites is 1. The van der Waals surface area contributed by atoms with Crippen LogP contribution in [0.15, 0.2) is 48.5 Å². The number of anilines is 1. The molecule has 0 unspecified atom stereocenters. The van der Waals surface area contributed by atoms with Gasteiger partial charge >= 0.3 is 0 Å². The van der Waals surface area contributed by atoms with Crippen LogP contribution in [0.4, 0.5) is 11.5 Å². The molecule has 4 rings (SSSR count). The number of nitrogens with zero attached hydrogens (tertiary/aromatic N) is 4. The quantitative estimate of drug-likeness (QED) is 0.394. The number of thiazole rings is 1. The average Bonchev–Trinajstić information content (AvgIpc) is 3.29. The Kier molecular flexibility index (Phi) is 4.69. The summed E-state index contributed by atoms with van der Waals surface area (Å²) in [5.41, 5.74) is 1.14. The van der Waals surface area contributed by atoms with Crippen molar-refractivity contribution in [1.82, 2.24) is 14.8 Å². The van der Waals surface area contributed by atoms with E-state index >= 15 is 0 Å². The first-order valence-electron chi connectivity index (χ1n) is 8.52. The predicted molar refractivity (Wildman–Crippen MR) is 109 cm³/mol. The van der Waals surface area contributed by atoms with E-state index in [0.29, 0.717) is 22.4 Å². The molecule has 2 heterocycles. The Morgan fingerprint density at radius 2 is 2.03 bits per heavy atom. The van der Waals surface area contributed by atoms with Crippen LogP contribution in [-0.4, -0.2) is 32.7 Å². The highest BCUT2D eigenvalue weighted by Crippen LogP contribution is 2.30. The van der Waals surface area contributed by atoms with Crippen molar-refractivity contribution in [3.8, 4) is 10.9 Å². The van der Waals surface area contributed by atoms with Crippen molar-refractivity contribution in [2.45, 2.75) is 6.92 Å². The fourth-order valence-electron chi connectivity index (χ4n) is 2.85. The van der Waals surface area contributed by atoms with Crippen LogP contribution in [0.25, 0.3) is 15.3 Å². The Labute approximate surface area is 168 Å². The van der Waals surface area contributed by atoms with Crippen molar-refractivity contribution < 1.29 is 14.5 Å². The molecule has 0 aliphatic heterocycles. The van der Waals surface area contributed by atoms with Gasteiger partial charge in [0.15, 0.2) is 0 Å². The lowest BCUT2D eigenvalue weighted by molar-refractivity contribution is -0.385. The number of methoxy groups -OCH3 is 1. The van der Waals surface area contributed by atoms with E-state index in [1.165, 1.54) is 34.2 Å². The fraction of sp³-hybridized carbons (Fsp3) is 0.105. The highest BCUT2D eigenvalue weighted by molar-refractivity contribution is 7.20. The van der Waals surface area contributed by atoms with Gasteiger partial charge in [-0.1, -0.05) is 23.5 Å². The maximum Gasteiger partial charge on any atom is 0.282 e. The number of hydrogen-bond donors (Lipinski definition) is 1. The van der Waals surface area contributed by atoms with E-state index in [2.05, 4.69) is 15.4 Å². The van der Waals surface area contributed by atoms with Gasteiger partial charge in [-0.15, -0.1) is 0 Å². The third kappa shape index (κ3) is 3.52. The predicted octanol–water partition coefficient (Wildman–Crippen LogP) is 3.96. The zero-order valence-electron chi connectivity index (χ0n) is 15.4. The van der Waals surface area contributed by atoms with E-state index in [0.717, 1.165) is 10.2 Å². The summed E-state index contributed by atoms with van der Waals surface area (Å²) < 4.78 is 7.66. The molecular formula is C19H15N5O4S. The zero-order valence-corrected chi connectivity index (χ0v) is 16.3. The molecule has 1 amide bonds. The minimum atomic E-state index is -0.596. The van der Waals surface area contributed by atoms with Gasteiger partial charge in [0.2, 0.25) is 5.13 Å². The standard InChI is InChI=1S/C19H15N5O4S/c1-11-9-17(21-18(25)13-5-3-4-6-15(13)24(26)27)23(22-11)19-20-14-8-7-12(28-2)10-16(14)29-19/h3-10H,1-2H3,(H,21,25). The molecule has 1 N–H and O–H groups in total. The molecule has 0 bridgehead atoms. The summed E-state index contributed by atoms with van der Waals surface area (Å²) in [6, 6.07) is 13.0. The topological polar surface area (TPSA) is 112 Å². The van der Waals surface area contributed by atoms with E-state index < -0.39 is 10.8 Å². The normalized spacial score (nSPS) is 10.8. The smallest absolute Gasteiger partial charge is 0.282 e. The summed E-state index contributed by atoms with van der Waals surface area (Å²) >= 11 is 1.39. The van der Waals surface area contributed by atoms with Gasteiger partial charge in [0, 0.05) is 12.1 Å². The van der Waals surface area contributed by atoms with Gasteiger partial charge < -0.3 is 10.1 Å². The summed E-state index contributed by atoms with van der Waals surface area (Å²) in [6.07, 6.45) is 0. The number of nitro groups is 1. The molecule has 10 heteroatoms. The summed E-state index contributed by atoms with van der Waals surface area (Å²) in [7, 11) is 1.59. The molecule has 2 aromatic heterocycles. The molecule has 0 saturated carbocycles. The van der Waals surface area contributed by atoms with Crippen molar-refractivity contribution >= 4 is 39.0 Å². The van der Waals surface area contributed by atoms with Gasteiger partial charge in [-0.3, -0.25) is 14.9 Å². The largest absolute Gasteiger partial charge is 0.497 e. The molecular weight excluding hydrogens is 394 g/mol. The second kappa shape index (κ2) is 7.32. The van der Waals surface area contributed by atoms with E-state index in [-0.39, 0.29) is 11.3 Å². The van der Waals surface area contributed by atoms with Crippen LogP contribution >= 0.6 is 11.3 Å². The lowest BCUT2D eigenvalue weighted by Gasteiger charge is -2.07. The van der Waals surface area contributed by atoms with Crippen molar-refractivity contribution in [3.05, 3.63) is 69.9 Å². The number of benzene rings is 2. The van der Waals surface area contributed by atoms with Crippen molar-refractivity contribution in [2.75, 3.05) is 12.4 Å². The molecule has 29 heavy (non-hydrogen) atoms. The summed E-state index contributed by atoms with van der Waals surface area (Å²) in [5, 5.41) is 18.9. The van der Waals surface area contributed by atoms with Gasteiger partial charge in [-0.2, -0.15) is 9.78 Å². The molecule has 0 aliphatic carbocycles. The Bertz CT molecular complexity index is 1250. The van der Waals surface area contributed by atoms with Crippen molar-refractivity contribution in [3.63, 3.8) is 0 Å². The van der Waals surface area contributed by atoms with E-state index in [4.69, 9.17) is 4.74 Å². The number of ether oxygens (including phenoxy) is 1. The third-order valence-corrected chi connectivity index (χ3v) is 5.18. The Balaban J connectivity index is 1.71. The second-order valence-corrected chi connectivity index (χ2v) is 7.15. The maximum absolute atomic E-state index is 12.7. The van der Waals surface area contributed by atoms with Gasteiger partial charge in [-0.05, 0) is 31.2 Å². The number of nitrogens with one attached hydrogen (secondary N) is 1. The van der Waals surface area contributed by atoms with Gasteiger partial charge in [0.05, 0.1) is 27.9 Å². The average molecular weight is 409 g/mol. The van der Waals surface area contributed by atoms with Gasteiger partial charge in [0.25, 0.3) is 11.6 Å². The van der Waals surface area contributed by atoms with Crippen LogP contribution < -0.4 is 10.1 Å². The van der Waals surface area contributed by atoms with Crippen LogP contribution in [0.2, 0.25) is 0 Å². The van der Waals surface area contributed by atoms with Crippen LogP contribution in [0.3, 0.4) is 0 Å². The summed E-state index contributed by atoms with van der Waals surface area (Å²) in [6.45, 7) is 1.79. The van der Waals surface area contributed by atoms with Crippen LogP contribution in [0, 0.1) is 17.0 Å². The second-order valence-electron chi connectivity index (χ2n) is 6.14. The Hall–Kier alpha value is -3.79. The minimum Gasteiger partial charge on any atom is -0.497 e. The molecule has 0 aliphatic rings. The molecule has 0 atom stereocenters. The molecule has 9 nitrogen and oxygen atoms in total. The summed E-state index contributed by atoms with van der Waals surface area (Å²) in [5.74, 6) is 0.493. The molecule has 0 radical (unpaired) electrons. The number of carbonyl (C=O) groups excluding carboxylic acids is 1. The fourth-order valence-corrected chi connectivity index (χ4v) is 3.81. The first kappa shape index (κ1) is 18.6. The molecule has 4 aromatic rings. The van der Waals surface area contributed by atoms with Gasteiger partial charge in [-0.25, -0.2) is 4.98 Å². The Morgan fingerprint density at radius 1 is 1.24 bits per heavy atom. The van der Waals surface area contributed by atoms with E-state index in [1.807, 2.05) is 18.2 Å². The lowest BCUT2D eigenvalue weighted by atomic mass is 10.1. The lowest BCUT2D eigenvalue weighted by Crippen LogP contribution is -2.16. The molecule has 146 valence electrons. The number of fused-ring (bicyclic) bond motifs is 1. The third-order valence-electron chi connectivity index (χ3n) is 4.18. The van der Waals surface area contributed by atoms with Crippen molar-refractivity contribution in [2.24, 2.45) is 0 Å². The van der Waals surface area contributed by atoms with E-state index in [1.54, 1.807) is 26.2 Å². The first-order chi connectivity index (χ1) is 14.0. The minimum absolute atomic E-state index is 0.0306. The summed E-state index contributed by atoms with van der Waals surface area (Å²) in [4.78, 5) is 27.9. The maximum atomic E-state index is 12.7. The SMILES string of the molecule is COc1ccc2nc(-n3nc(C)cc3NC(=O)c3ccccc3[N+](=O)[O-])sc2c1. The molecule has 0 saturated heterocycles. The highest BCUT2D eigenvalue weighted by atomic mass is 32.1. The number of aromatic nitrogens is 3. The molecule has 0 fully saturated rings. The van der Waals surface area contributed by atoms with Crippen molar-refractivity contribution in [1.29, 1.82) is 0 Å². The zero-order chi connectivity index (χ0) is 20.5. The molecule has 0 spiro atoms. The Morgan fingerprint density at radius 3 is 2.79 bits per heavy atom. The van der Waals surface area contributed by atoms with Crippen LogP contribution in [0.5, 0.6) is 5.75 Å². The number of amides is 1. The monoisotopic (exact) mass is 409 g/mol. The van der Waals surface area contributed by atoms with Crippen LogP contribution in [-0.2, 0) is 0 Å². The number of nitro benzene ring substituents is 1. The van der Waals surface area contributed by atoms with Crippen LogP contribution in [0.1, 0.15) is 16.1 Å². The first-order valence-corrected chi connectivity index (χ1v) is 9.34.